The van der Waals surface area contributed by atoms with Crippen LogP contribution in [-0.2, 0) is 10.0 Å². The molecule has 1 aromatic carbocycles. The molecule has 0 radical (unpaired) electrons. The Bertz CT molecular complexity index is 686. The lowest BCUT2D eigenvalue weighted by Gasteiger charge is -2.21. The van der Waals surface area contributed by atoms with Gasteiger partial charge in [-0.1, -0.05) is 19.1 Å². The van der Waals surface area contributed by atoms with Gasteiger partial charge in [0.2, 0.25) is 10.0 Å². The average molecular weight is 319 g/mol. The SMILES string of the molecule is C=C(C)CN(CC)S(=O)(=O)c1cc(C(=O)O)cc(F)c1F. The number of carboxylic acids is 1. The molecule has 0 saturated heterocycles. The van der Waals surface area contributed by atoms with Crippen LogP contribution >= 0.6 is 0 Å². The van der Waals surface area contributed by atoms with Gasteiger partial charge in [-0.25, -0.2) is 22.0 Å². The van der Waals surface area contributed by atoms with Gasteiger partial charge in [0.05, 0.1) is 5.56 Å². The number of hydrogen-bond donors (Lipinski definition) is 1. The molecule has 0 spiro atoms. The van der Waals surface area contributed by atoms with Gasteiger partial charge in [-0.2, -0.15) is 4.31 Å². The number of benzene rings is 1. The summed E-state index contributed by atoms with van der Waals surface area (Å²) in [5.41, 5.74) is -0.130. The number of carboxylic acid groups (broad SMARTS) is 1. The van der Waals surface area contributed by atoms with Gasteiger partial charge in [-0.15, -0.1) is 0 Å². The molecule has 0 aliphatic heterocycles. The van der Waals surface area contributed by atoms with E-state index in [-0.39, 0.29) is 13.1 Å². The lowest BCUT2D eigenvalue weighted by molar-refractivity contribution is 0.0696. The number of sulfonamides is 1. The quantitative estimate of drug-likeness (QED) is 0.816. The minimum absolute atomic E-state index is 0.00749. The summed E-state index contributed by atoms with van der Waals surface area (Å²) in [6.45, 7) is 6.61. The van der Waals surface area contributed by atoms with Gasteiger partial charge < -0.3 is 5.11 Å². The molecule has 21 heavy (non-hydrogen) atoms. The van der Waals surface area contributed by atoms with E-state index in [1.807, 2.05) is 0 Å². The lowest BCUT2D eigenvalue weighted by atomic mass is 10.2. The first-order chi connectivity index (χ1) is 9.61. The van der Waals surface area contributed by atoms with Gasteiger partial charge in [0.15, 0.2) is 11.6 Å². The molecular weight excluding hydrogens is 304 g/mol. The Kier molecular flexibility index (Phi) is 5.19. The van der Waals surface area contributed by atoms with Crippen LogP contribution in [0.25, 0.3) is 0 Å². The summed E-state index contributed by atoms with van der Waals surface area (Å²) in [6, 6.07) is 1.04. The van der Waals surface area contributed by atoms with Crippen LogP contribution in [0.1, 0.15) is 24.2 Å². The molecule has 0 saturated carbocycles. The second-order valence-electron chi connectivity index (χ2n) is 4.46. The van der Waals surface area contributed by atoms with Crippen molar-refractivity contribution >= 4 is 16.0 Å². The van der Waals surface area contributed by atoms with E-state index in [0.717, 1.165) is 4.31 Å². The van der Waals surface area contributed by atoms with Gasteiger partial charge in [-0.05, 0) is 19.1 Å². The molecule has 0 fully saturated rings. The van der Waals surface area contributed by atoms with Crippen LogP contribution in [0.5, 0.6) is 0 Å². The third-order valence-electron chi connectivity index (χ3n) is 2.66. The molecule has 0 unspecified atom stereocenters. The summed E-state index contributed by atoms with van der Waals surface area (Å²) in [4.78, 5) is 9.85. The van der Waals surface area contributed by atoms with E-state index in [4.69, 9.17) is 5.11 Å². The Hall–Kier alpha value is -1.80. The molecule has 0 heterocycles. The van der Waals surface area contributed by atoms with Gasteiger partial charge >= 0.3 is 5.97 Å². The first-order valence-electron chi connectivity index (χ1n) is 5.98. The topological polar surface area (TPSA) is 74.7 Å². The van der Waals surface area contributed by atoms with Crippen LogP contribution in [0, 0.1) is 11.6 Å². The van der Waals surface area contributed by atoms with E-state index in [1.54, 1.807) is 6.92 Å². The molecule has 8 heteroatoms. The number of nitrogens with zero attached hydrogens (tertiary/aromatic N) is 1. The molecule has 1 aromatic rings. The van der Waals surface area contributed by atoms with Crippen molar-refractivity contribution in [2.75, 3.05) is 13.1 Å². The van der Waals surface area contributed by atoms with E-state index in [0.29, 0.717) is 17.7 Å². The Morgan fingerprint density at radius 1 is 1.38 bits per heavy atom. The maximum Gasteiger partial charge on any atom is 0.335 e. The summed E-state index contributed by atoms with van der Waals surface area (Å²) in [7, 11) is -4.36. The van der Waals surface area contributed by atoms with Crippen molar-refractivity contribution in [3.63, 3.8) is 0 Å². The Labute approximate surface area is 121 Å². The summed E-state index contributed by atoms with van der Waals surface area (Å²) < 4.78 is 52.8. The van der Waals surface area contributed by atoms with Crippen molar-refractivity contribution in [2.24, 2.45) is 0 Å². The number of aromatic carboxylic acids is 1. The Morgan fingerprint density at radius 3 is 2.38 bits per heavy atom. The normalized spacial score (nSPS) is 11.7. The van der Waals surface area contributed by atoms with Crippen molar-refractivity contribution in [3.05, 3.63) is 41.5 Å². The molecule has 1 N–H and O–H groups in total. The van der Waals surface area contributed by atoms with Crippen LogP contribution in [0.15, 0.2) is 29.2 Å². The highest BCUT2D eigenvalue weighted by Crippen LogP contribution is 2.24. The van der Waals surface area contributed by atoms with Gasteiger partial charge in [-0.3, -0.25) is 0 Å². The molecule has 116 valence electrons. The summed E-state index contributed by atoms with van der Waals surface area (Å²) in [5.74, 6) is -4.67. The van der Waals surface area contributed by atoms with Crippen molar-refractivity contribution in [2.45, 2.75) is 18.7 Å². The molecule has 5 nitrogen and oxygen atoms in total. The third kappa shape index (κ3) is 3.64. The number of rotatable bonds is 6. The zero-order valence-corrected chi connectivity index (χ0v) is 12.4. The van der Waals surface area contributed by atoms with E-state index in [1.165, 1.54) is 6.92 Å². The molecule has 0 aliphatic carbocycles. The van der Waals surface area contributed by atoms with Crippen molar-refractivity contribution in [1.29, 1.82) is 0 Å². The number of carbonyl (C=O) groups is 1. The minimum atomic E-state index is -4.36. The smallest absolute Gasteiger partial charge is 0.335 e. The fourth-order valence-corrected chi connectivity index (χ4v) is 3.29. The van der Waals surface area contributed by atoms with Crippen LogP contribution in [0.2, 0.25) is 0 Å². The first kappa shape index (κ1) is 17.3. The first-order valence-corrected chi connectivity index (χ1v) is 7.42. The standard InChI is InChI=1S/C13H15F2NO4S/c1-4-16(7-8(2)3)21(19,20)11-6-9(13(17)18)5-10(14)12(11)15/h5-6H,2,4,7H2,1,3H3,(H,17,18). The fraction of sp³-hybridized carbons (Fsp3) is 0.308. The maximum atomic E-state index is 13.8. The van der Waals surface area contributed by atoms with E-state index in [9.17, 15) is 22.0 Å². The number of hydrogen-bond acceptors (Lipinski definition) is 3. The molecule has 0 amide bonds. The van der Waals surface area contributed by atoms with Crippen molar-refractivity contribution in [3.8, 4) is 0 Å². The zero-order valence-electron chi connectivity index (χ0n) is 11.6. The lowest BCUT2D eigenvalue weighted by Crippen LogP contribution is -2.33. The second-order valence-corrected chi connectivity index (χ2v) is 6.37. The molecule has 0 aliphatic rings. The van der Waals surface area contributed by atoms with Crippen LogP contribution in [-0.4, -0.2) is 36.9 Å². The average Bonchev–Trinajstić information content (AvgIpc) is 2.37. The summed E-state index contributed by atoms with van der Waals surface area (Å²) in [5, 5.41) is 8.82. The van der Waals surface area contributed by atoms with Crippen molar-refractivity contribution < 1.29 is 27.1 Å². The number of likely N-dealkylation sites (N-methyl/N-ethyl adjacent to an activating group) is 1. The minimum Gasteiger partial charge on any atom is -0.478 e. The van der Waals surface area contributed by atoms with E-state index >= 15 is 0 Å². The maximum absolute atomic E-state index is 13.8. The summed E-state index contributed by atoms with van der Waals surface area (Å²) >= 11 is 0. The number of halogens is 2. The molecule has 0 aromatic heterocycles. The predicted octanol–water partition coefficient (Wildman–Crippen LogP) is 2.25. The van der Waals surface area contributed by atoms with Crippen molar-refractivity contribution in [1.82, 2.24) is 4.31 Å². The van der Waals surface area contributed by atoms with E-state index < -0.39 is 38.1 Å². The largest absolute Gasteiger partial charge is 0.478 e. The predicted molar refractivity (Wildman–Crippen MR) is 72.6 cm³/mol. The fourth-order valence-electron chi connectivity index (χ4n) is 1.68. The van der Waals surface area contributed by atoms with Gasteiger partial charge in [0.25, 0.3) is 0 Å². The molecule has 1 rings (SSSR count). The van der Waals surface area contributed by atoms with Crippen LogP contribution < -0.4 is 0 Å². The molecule has 0 bridgehead atoms. The highest BCUT2D eigenvalue weighted by atomic mass is 32.2. The third-order valence-corrected chi connectivity index (χ3v) is 4.58. The van der Waals surface area contributed by atoms with Gasteiger partial charge in [0, 0.05) is 13.1 Å². The Morgan fingerprint density at radius 2 is 1.95 bits per heavy atom. The van der Waals surface area contributed by atoms with E-state index in [2.05, 4.69) is 6.58 Å². The highest BCUT2D eigenvalue weighted by Gasteiger charge is 2.29. The highest BCUT2D eigenvalue weighted by molar-refractivity contribution is 7.89. The van der Waals surface area contributed by atoms with Crippen LogP contribution in [0.4, 0.5) is 8.78 Å². The monoisotopic (exact) mass is 319 g/mol. The second kappa shape index (κ2) is 6.31. The molecular formula is C13H15F2NO4S. The van der Waals surface area contributed by atoms with Crippen LogP contribution in [0.3, 0.4) is 0 Å². The zero-order chi connectivity index (χ0) is 16.4. The Balaban J connectivity index is 3.49. The summed E-state index contributed by atoms with van der Waals surface area (Å²) in [6.07, 6.45) is 0. The van der Waals surface area contributed by atoms with Gasteiger partial charge in [0.1, 0.15) is 4.90 Å². The molecule has 0 atom stereocenters.